The van der Waals surface area contributed by atoms with Crippen molar-refractivity contribution in [1.29, 1.82) is 0 Å². The van der Waals surface area contributed by atoms with E-state index in [0.717, 1.165) is 22.4 Å². The molecule has 0 aliphatic heterocycles. The number of rotatable bonds is 7. The summed E-state index contributed by atoms with van der Waals surface area (Å²) in [6, 6.07) is 0. The Bertz CT molecular complexity index is 401. The van der Waals surface area contributed by atoms with Crippen LogP contribution in [-0.2, 0) is 4.79 Å². The number of nitrogens with zero attached hydrogens (tertiary/aromatic N) is 1. The van der Waals surface area contributed by atoms with E-state index in [2.05, 4.69) is 22.6 Å². The van der Waals surface area contributed by atoms with Gasteiger partial charge in [0.25, 0.3) is 0 Å². The van der Waals surface area contributed by atoms with Crippen molar-refractivity contribution in [1.82, 2.24) is 10.3 Å². The van der Waals surface area contributed by atoms with Gasteiger partial charge in [0, 0.05) is 23.5 Å². The van der Waals surface area contributed by atoms with Crippen molar-refractivity contribution in [3.63, 3.8) is 0 Å². The van der Waals surface area contributed by atoms with Crippen molar-refractivity contribution in [2.24, 2.45) is 5.92 Å². The fourth-order valence-corrected chi connectivity index (χ4v) is 3.53. The van der Waals surface area contributed by atoms with E-state index < -0.39 is 0 Å². The zero-order chi connectivity index (χ0) is 13.0. The highest BCUT2D eigenvalue weighted by atomic mass is 32.2. The molecular formula is C13H20N2OS2. The van der Waals surface area contributed by atoms with Crippen LogP contribution in [-0.4, -0.2) is 28.9 Å². The minimum absolute atomic E-state index is 0.153. The van der Waals surface area contributed by atoms with Gasteiger partial charge in [-0.1, -0.05) is 6.92 Å². The molecule has 1 aliphatic rings. The summed E-state index contributed by atoms with van der Waals surface area (Å²) >= 11 is 3.43. The number of hydrogen-bond acceptors (Lipinski definition) is 4. The van der Waals surface area contributed by atoms with Gasteiger partial charge in [0.15, 0.2) is 0 Å². The largest absolute Gasteiger partial charge is 0.355 e. The van der Waals surface area contributed by atoms with Crippen LogP contribution in [0, 0.1) is 12.8 Å². The molecule has 18 heavy (non-hydrogen) atoms. The number of carbonyl (C=O) groups excluding carboxylic acids is 1. The summed E-state index contributed by atoms with van der Waals surface area (Å²) in [5, 5.41) is 6.16. The van der Waals surface area contributed by atoms with Gasteiger partial charge in [-0.05, 0) is 31.4 Å². The van der Waals surface area contributed by atoms with Crippen molar-refractivity contribution in [2.45, 2.75) is 32.6 Å². The molecule has 1 aromatic rings. The average Bonchev–Trinajstić information content (AvgIpc) is 3.06. The highest BCUT2D eigenvalue weighted by Gasteiger charge is 2.21. The molecule has 1 N–H and O–H groups in total. The smallest absolute Gasteiger partial charge is 0.230 e. The van der Waals surface area contributed by atoms with Gasteiger partial charge >= 0.3 is 0 Å². The van der Waals surface area contributed by atoms with E-state index in [1.165, 1.54) is 12.8 Å². The van der Waals surface area contributed by atoms with Crippen LogP contribution in [0.15, 0.2) is 5.38 Å². The van der Waals surface area contributed by atoms with Crippen LogP contribution in [0.2, 0.25) is 0 Å². The number of aryl methyl sites for hydroxylation is 1. The van der Waals surface area contributed by atoms with E-state index in [1.807, 2.05) is 6.92 Å². The Labute approximate surface area is 117 Å². The summed E-state index contributed by atoms with van der Waals surface area (Å²) < 4.78 is 0. The molecule has 1 unspecified atom stereocenters. The van der Waals surface area contributed by atoms with Crippen molar-refractivity contribution in [2.75, 3.05) is 18.1 Å². The van der Waals surface area contributed by atoms with Gasteiger partial charge in [-0.2, -0.15) is 11.8 Å². The van der Waals surface area contributed by atoms with Gasteiger partial charge in [-0.15, -0.1) is 11.3 Å². The average molecular weight is 284 g/mol. The molecule has 100 valence electrons. The Morgan fingerprint density at radius 2 is 2.44 bits per heavy atom. The molecule has 1 heterocycles. The maximum Gasteiger partial charge on any atom is 0.230 e. The summed E-state index contributed by atoms with van der Waals surface area (Å²) in [5.41, 5.74) is 1.06. The van der Waals surface area contributed by atoms with Gasteiger partial charge < -0.3 is 5.32 Å². The lowest BCUT2D eigenvalue weighted by Crippen LogP contribution is -2.29. The van der Waals surface area contributed by atoms with Crippen LogP contribution in [0.3, 0.4) is 0 Å². The topological polar surface area (TPSA) is 42.0 Å². The number of aromatic nitrogens is 1. The zero-order valence-corrected chi connectivity index (χ0v) is 12.6. The lowest BCUT2D eigenvalue weighted by molar-refractivity contribution is -0.118. The molecule has 1 amide bonds. The van der Waals surface area contributed by atoms with Gasteiger partial charge in [-0.3, -0.25) is 4.79 Å². The summed E-state index contributed by atoms with van der Waals surface area (Å²) in [5.74, 6) is 3.09. The zero-order valence-electron chi connectivity index (χ0n) is 10.9. The van der Waals surface area contributed by atoms with Crippen LogP contribution in [0.5, 0.6) is 0 Å². The third-order valence-electron chi connectivity index (χ3n) is 2.95. The third-order valence-corrected chi connectivity index (χ3v) is 5.31. The Kier molecular flexibility index (Phi) is 5.06. The summed E-state index contributed by atoms with van der Waals surface area (Å²) in [6.45, 7) is 4.80. The normalized spacial score (nSPS) is 16.6. The van der Waals surface area contributed by atoms with Gasteiger partial charge in [0.1, 0.15) is 0 Å². The van der Waals surface area contributed by atoms with Crippen LogP contribution in [0.25, 0.3) is 0 Å². The number of nitrogens with one attached hydrogen (secondary N) is 1. The molecule has 5 heteroatoms. The van der Waals surface area contributed by atoms with Crippen molar-refractivity contribution in [3.8, 4) is 0 Å². The second kappa shape index (κ2) is 6.57. The Hall–Kier alpha value is -0.550. The fourth-order valence-electron chi connectivity index (χ4n) is 1.61. The molecule has 0 spiro atoms. The van der Waals surface area contributed by atoms with Crippen molar-refractivity contribution in [3.05, 3.63) is 16.1 Å². The predicted octanol–water partition coefficient (Wildman–Crippen LogP) is 2.81. The molecular weight excluding hydrogens is 264 g/mol. The molecule has 0 bridgehead atoms. The molecule has 1 saturated carbocycles. The third kappa shape index (κ3) is 4.61. The van der Waals surface area contributed by atoms with Crippen molar-refractivity contribution < 1.29 is 4.79 Å². The molecule has 0 aromatic carbocycles. The number of hydrogen-bond donors (Lipinski definition) is 1. The van der Waals surface area contributed by atoms with Crippen LogP contribution < -0.4 is 5.32 Å². The predicted molar refractivity (Wildman–Crippen MR) is 78.3 cm³/mol. The Balaban J connectivity index is 1.62. The second-order valence-corrected chi connectivity index (χ2v) is 6.91. The summed E-state index contributed by atoms with van der Waals surface area (Å²) in [6.07, 6.45) is 2.71. The van der Waals surface area contributed by atoms with E-state index in [-0.39, 0.29) is 5.91 Å². The maximum atomic E-state index is 11.6. The molecule has 3 nitrogen and oxygen atoms in total. The minimum Gasteiger partial charge on any atom is -0.355 e. The van der Waals surface area contributed by atoms with E-state index >= 15 is 0 Å². The second-order valence-electron chi connectivity index (χ2n) is 4.99. The van der Waals surface area contributed by atoms with Crippen LogP contribution >= 0.6 is 23.1 Å². The number of thiazole rings is 1. The molecule has 2 rings (SSSR count). The maximum absolute atomic E-state index is 11.6. The van der Waals surface area contributed by atoms with Crippen LogP contribution in [0.4, 0.5) is 0 Å². The molecule has 1 atom stereocenters. The minimum atomic E-state index is 0.153. The molecule has 0 saturated heterocycles. The first-order valence-electron chi connectivity index (χ1n) is 6.41. The first-order chi connectivity index (χ1) is 8.65. The first kappa shape index (κ1) is 13.9. The number of thioether (sulfide) groups is 1. The molecule has 1 aromatic heterocycles. The Morgan fingerprint density at radius 3 is 3.06 bits per heavy atom. The SMILES string of the molecule is Cc1csc(C(C)CNC(=O)CSCC2CC2)n1. The highest BCUT2D eigenvalue weighted by Crippen LogP contribution is 2.32. The lowest BCUT2D eigenvalue weighted by atomic mass is 10.2. The van der Waals surface area contributed by atoms with Crippen LogP contribution in [0.1, 0.15) is 36.4 Å². The van der Waals surface area contributed by atoms with Crippen molar-refractivity contribution >= 4 is 29.0 Å². The van der Waals surface area contributed by atoms with E-state index in [9.17, 15) is 4.79 Å². The molecule has 1 aliphatic carbocycles. The standard InChI is InChI=1S/C13H20N2OS2/c1-9(13-15-10(2)6-18-13)5-14-12(16)8-17-7-11-3-4-11/h6,9,11H,3-5,7-8H2,1-2H3,(H,14,16). The van der Waals surface area contributed by atoms with E-state index in [4.69, 9.17) is 0 Å². The van der Waals surface area contributed by atoms with Gasteiger partial charge in [0.05, 0.1) is 10.8 Å². The Morgan fingerprint density at radius 1 is 1.67 bits per heavy atom. The lowest BCUT2D eigenvalue weighted by Gasteiger charge is -2.09. The molecule has 1 fully saturated rings. The fraction of sp³-hybridized carbons (Fsp3) is 0.692. The summed E-state index contributed by atoms with van der Waals surface area (Å²) in [7, 11) is 0. The summed E-state index contributed by atoms with van der Waals surface area (Å²) in [4.78, 5) is 16.1. The first-order valence-corrected chi connectivity index (χ1v) is 8.45. The van der Waals surface area contributed by atoms with E-state index in [1.54, 1.807) is 23.1 Å². The monoisotopic (exact) mass is 284 g/mol. The van der Waals surface area contributed by atoms with E-state index in [0.29, 0.717) is 18.2 Å². The quantitative estimate of drug-likeness (QED) is 0.837. The number of amides is 1. The highest BCUT2D eigenvalue weighted by molar-refractivity contribution is 7.99. The molecule has 0 radical (unpaired) electrons. The number of carbonyl (C=O) groups is 1. The van der Waals surface area contributed by atoms with Gasteiger partial charge in [0.2, 0.25) is 5.91 Å². The van der Waals surface area contributed by atoms with Gasteiger partial charge in [-0.25, -0.2) is 4.98 Å².